The lowest BCUT2D eigenvalue weighted by Gasteiger charge is -2.44. The molecule has 0 aliphatic carbocycles. The quantitative estimate of drug-likeness (QED) is 0.653. The average Bonchev–Trinajstić information content (AvgIpc) is 3.10. The Morgan fingerprint density at radius 2 is 1.88 bits per heavy atom. The molecule has 4 heterocycles. The van der Waals surface area contributed by atoms with Crippen molar-refractivity contribution in [3.63, 3.8) is 0 Å². The Labute approximate surface area is 194 Å². The number of hydrogen-bond acceptors (Lipinski definition) is 6. The van der Waals surface area contributed by atoms with Crippen LogP contribution in [-0.2, 0) is 26.2 Å². The largest absolute Gasteiger partial charge is 0.461 e. The fourth-order valence-electron chi connectivity index (χ4n) is 5.45. The summed E-state index contributed by atoms with van der Waals surface area (Å²) in [6, 6.07) is 11.8. The van der Waals surface area contributed by atoms with E-state index in [4.69, 9.17) is 14.5 Å². The normalized spacial score (nSPS) is 24.7. The third-order valence-electron chi connectivity index (χ3n) is 7.12. The molecule has 0 spiro atoms. The first-order valence-corrected chi connectivity index (χ1v) is 11.9. The average molecular weight is 450 g/mol. The molecule has 2 saturated heterocycles. The number of amides is 1. The highest BCUT2D eigenvalue weighted by Crippen LogP contribution is 2.47. The molecule has 5 rings (SSSR count). The summed E-state index contributed by atoms with van der Waals surface area (Å²) >= 11 is 0. The number of carbonyl (C=O) groups excluding carboxylic acids is 2. The van der Waals surface area contributed by atoms with Gasteiger partial charge in [-0.15, -0.1) is 0 Å². The Morgan fingerprint density at radius 3 is 2.55 bits per heavy atom. The van der Waals surface area contributed by atoms with Crippen LogP contribution in [0.1, 0.15) is 60.4 Å². The van der Waals surface area contributed by atoms with Crippen LogP contribution in [0.15, 0.2) is 36.4 Å². The Bertz CT molecular complexity index is 1060. The summed E-state index contributed by atoms with van der Waals surface area (Å²) in [4.78, 5) is 36.3. The molecule has 0 unspecified atom stereocenters. The lowest BCUT2D eigenvalue weighted by Crippen LogP contribution is -2.61. The third kappa shape index (κ3) is 3.41. The van der Waals surface area contributed by atoms with Gasteiger partial charge in [0.15, 0.2) is 5.54 Å². The van der Waals surface area contributed by atoms with Gasteiger partial charge in [-0.25, -0.2) is 4.79 Å². The molecule has 3 aliphatic heterocycles. The van der Waals surface area contributed by atoms with Gasteiger partial charge in [0.25, 0.3) is 5.91 Å². The number of hydrogen-bond donors (Lipinski definition) is 0. The number of anilines is 1. The molecule has 0 N–H and O–H groups in total. The van der Waals surface area contributed by atoms with E-state index in [1.807, 2.05) is 43.3 Å². The zero-order valence-corrected chi connectivity index (χ0v) is 19.5. The molecule has 0 bridgehead atoms. The maximum atomic E-state index is 13.9. The van der Waals surface area contributed by atoms with Crippen molar-refractivity contribution in [2.24, 2.45) is 0 Å². The van der Waals surface area contributed by atoms with Crippen molar-refractivity contribution in [3.05, 3.63) is 58.9 Å². The summed E-state index contributed by atoms with van der Waals surface area (Å²) < 4.78 is 11.3. The standard InChI is InChI=1S/C26H31N3O4/c1-4-26-23-20(15-21(22(27-23)17(2)3)28-10-12-32-13-11-28)24(30)29(26)19(16-33-25(26)31)14-18-8-6-5-7-9-18/h5-9,15,17,19H,4,10-14,16H2,1-3H3/t19-,26-/m0/s1. The minimum absolute atomic E-state index is 0.123. The molecule has 2 aromatic rings. The van der Waals surface area contributed by atoms with E-state index < -0.39 is 5.54 Å². The number of ether oxygens (including phenoxy) is 2. The molecular weight excluding hydrogens is 418 g/mol. The summed E-state index contributed by atoms with van der Waals surface area (Å²) in [6.45, 7) is 9.16. The lowest BCUT2D eigenvalue weighted by molar-refractivity contribution is -0.171. The highest BCUT2D eigenvalue weighted by atomic mass is 16.5. The van der Waals surface area contributed by atoms with Crippen molar-refractivity contribution >= 4 is 17.6 Å². The Balaban J connectivity index is 1.63. The van der Waals surface area contributed by atoms with Crippen molar-refractivity contribution < 1.29 is 19.1 Å². The molecule has 1 amide bonds. The van der Waals surface area contributed by atoms with Crippen molar-refractivity contribution in [3.8, 4) is 0 Å². The highest BCUT2D eigenvalue weighted by molar-refractivity contribution is 6.06. The molecule has 3 aliphatic rings. The second kappa shape index (κ2) is 8.45. The number of nitrogens with zero attached hydrogens (tertiary/aromatic N) is 3. The third-order valence-corrected chi connectivity index (χ3v) is 7.12. The molecule has 33 heavy (non-hydrogen) atoms. The predicted molar refractivity (Wildman–Crippen MR) is 124 cm³/mol. The summed E-state index contributed by atoms with van der Waals surface area (Å²) in [6.07, 6.45) is 1.06. The van der Waals surface area contributed by atoms with Crippen LogP contribution < -0.4 is 4.90 Å². The van der Waals surface area contributed by atoms with Gasteiger partial charge in [0.1, 0.15) is 6.61 Å². The number of benzene rings is 1. The van der Waals surface area contributed by atoms with E-state index in [2.05, 4.69) is 18.7 Å². The summed E-state index contributed by atoms with van der Waals surface area (Å²) in [5.41, 5.74) is 2.91. The van der Waals surface area contributed by atoms with Gasteiger partial charge in [-0.2, -0.15) is 0 Å². The SMILES string of the molecule is CC[C@]12C(=O)OC[C@H](Cc3ccccc3)N1C(=O)c1cc(N3CCOCC3)c(C(C)C)nc12. The molecule has 1 aromatic carbocycles. The molecule has 7 heteroatoms. The van der Waals surface area contributed by atoms with E-state index in [0.717, 1.165) is 30.0 Å². The van der Waals surface area contributed by atoms with Crippen LogP contribution in [0, 0.1) is 0 Å². The fraction of sp³-hybridized carbons (Fsp3) is 0.500. The first kappa shape index (κ1) is 21.9. The molecule has 174 valence electrons. The number of cyclic esters (lactones) is 1. The summed E-state index contributed by atoms with van der Waals surface area (Å²) in [7, 11) is 0. The van der Waals surface area contributed by atoms with Gasteiger partial charge in [0, 0.05) is 13.1 Å². The fourth-order valence-corrected chi connectivity index (χ4v) is 5.45. The van der Waals surface area contributed by atoms with Crippen LogP contribution in [0.25, 0.3) is 0 Å². The van der Waals surface area contributed by atoms with Gasteiger partial charge in [0.2, 0.25) is 0 Å². The topological polar surface area (TPSA) is 72.0 Å². The lowest BCUT2D eigenvalue weighted by atomic mass is 9.87. The van der Waals surface area contributed by atoms with Crippen molar-refractivity contribution in [1.82, 2.24) is 9.88 Å². The van der Waals surface area contributed by atoms with Crippen LogP contribution in [-0.4, -0.2) is 60.7 Å². The number of pyridine rings is 1. The van der Waals surface area contributed by atoms with Gasteiger partial charge < -0.3 is 19.3 Å². The second-order valence-electron chi connectivity index (χ2n) is 9.37. The number of carbonyl (C=O) groups is 2. The van der Waals surface area contributed by atoms with Crippen LogP contribution in [0.5, 0.6) is 0 Å². The number of morpholine rings is 2. The molecule has 2 fully saturated rings. The molecule has 7 nitrogen and oxygen atoms in total. The Morgan fingerprint density at radius 1 is 1.15 bits per heavy atom. The van der Waals surface area contributed by atoms with E-state index in [9.17, 15) is 9.59 Å². The maximum Gasteiger partial charge on any atom is 0.338 e. The Kier molecular flexibility index (Phi) is 5.60. The molecular formula is C26H31N3O4. The molecule has 2 atom stereocenters. The summed E-state index contributed by atoms with van der Waals surface area (Å²) in [5.74, 6) is -0.351. The number of esters is 1. The Hall–Kier alpha value is -2.93. The first-order chi connectivity index (χ1) is 16.0. The maximum absolute atomic E-state index is 13.9. The van der Waals surface area contributed by atoms with Gasteiger partial charge in [-0.05, 0) is 30.4 Å². The predicted octanol–water partition coefficient (Wildman–Crippen LogP) is 3.27. The molecule has 1 aromatic heterocycles. The highest BCUT2D eigenvalue weighted by Gasteiger charge is 2.61. The van der Waals surface area contributed by atoms with E-state index in [1.54, 1.807) is 4.90 Å². The van der Waals surface area contributed by atoms with Gasteiger partial charge in [-0.3, -0.25) is 9.78 Å². The van der Waals surface area contributed by atoms with Gasteiger partial charge in [-0.1, -0.05) is 51.1 Å². The van der Waals surface area contributed by atoms with Crippen LogP contribution in [0.2, 0.25) is 0 Å². The van der Waals surface area contributed by atoms with Crippen LogP contribution >= 0.6 is 0 Å². The van der Waals surface area contributed by atoms with E-state index in [-0.39, 0.29) is 30.4 Å². The summed E-state index contributed by atoms with van der Waals surface area (Å²) in [5, 5.41) is 0. The smallest absolute Gasteiger partial charge is 0.338 e. The van der Waals surface area contributed by atoms with Gasteiger partial charge >= 0.3 is 5.97 Å². The zero-order valence-electron chi connectivity index (χ0n) is 19.5. The van der Waals surface area contributed by atoms with Crippen LogP contribution in [0.4, 0.5) is 5.69 Å². The van der Waals surface area contributed by atoms with Gasteiger partial charge in [0.05, 0.1) is 41.9 Å². The molecule has 0 saturated carbocycles. The van der Waals surface area contributed by atoms with Crippen LogP contribution in [0.3, 0.4) is 0 Å². The van der Waals surface area contributed by atoms with E-state index >= 15 is 0 Å². The van der Waals surface area contributed by atoms with E-state index in [0.29, 0.717) is 37.3 Å². The number of aromatic nitrogens is 1. The second-order valence-corrected chi connectivity index (χ2v) is 9.37. The molecule has 0 radical (unpaired) electrons. The number of rotatable bonds is 5. The van der Waals surface area contributed by atoms with Crippen molar-refractivity contribution in [2.45, 2.75) is 51.1 Å². The van der Waals surface area contributed by atoms with Crippen molar-refractivity contribution in [2.75, 3.05) is 37.8 Å². The monoisotopic (exact) mass is 449 g/mol. The minimum Gasteiger partial charge on any atom is -0.461 e. The van der Waals surface area contributed by atoms with Crippen molar-refractivity contribution in [1.29, 1.82) is 0 Å². The minimum atomic E-state index is -1.17. The van der Waals surface area contributed by atoms with E-state index in [1.165, 1.54) is 0 Å². The number of fused-ring (bicyclic) bond motifs is 3. The first-order valence-electron chi connectivity index (χ1n) is 11.9. The zero-order chi connectivity index (χ0) is 23.2.